The van der Waals surface area contributed by atoms with Gasteiger partial charge in [0.2, 0.25) is 5.91 Å². The average Bonchev–Trinajstić information content (AvgIpc) is 2.39. The highest BCUT2D eigenvalue weighted by Crippen LogP contribution is 2.24. The Balaban J connectivity index is 3.11. The Bertz CT molecular complexity index is 437. The second kappa shape index (κ2) is 7.03. The number of primary amides is 1. The summed E-state index contributed by atoms with van der Waals surface area (Å²) in [5.41, 5.74) is 7.76. The van der Waals surface area contributed by atoms with Gasteiger partial charge in [0.05, 0.1) is 5.92 Å². The van der Waals surface area contributed by atoms with E-state index < -0.39 is 17.7 Å². The van der Waals surface area contributed by atoms with Crippen molar-refractivity contribution in [2.24, 2.45) is 5.73 Å². The highest BCUT2D eigenvalue weighted by atomic mass is 32.2. The third kappa shape index (κ3) is 3.48. The number of hydrogen-bond acceptors (Lipinski definition) is 4. The van der Waals surface area contributed by atoms with E-state index in [1.54, 1.807) is 41.5 Å². The minimum absolute atomic E-state index is 0.308. The zero-order valence-electron chi connectivity index (χ0n) is 10.1. The van der Waals surface area contributed by atoms with Crippen molar-refractivity contribution in [3.63, 3.8) is 0 Å². The third-order valence-corrected chi connectivity index (χ3v) is 3.49. The van der Waals surface area contributed by atoms with Crippen molar-refractivity contribution in [2.45, 2.75) is 12.8 Å². The maximum absolute atomic E-state index is 11.7. The number of carbonyl (C=O) groups is 2. The maximum Gasteiger partial charge on any atom is 0.251 e. The molecule has 0 spiro atoms. The van der Waals surface area contributed by atoms with Crippen molar-refractivity contribution in [3.05, 3.63) is 35.4 Å². The number of hydroxylamine groups is 1. The molecule has 1 aromatic rings. The molecule has 98 valence electrons. The van der Waals surface area contributed by atoms with Crippen LogP contribution in [0.4, 0.5) is 0 Å². The quantitative estimate of drug-likeness (QED) is 0.532. The lowest BCUT2D eigenvalue weighted by Crippen LogP contribution is -2.29. The standard InChI is InChI=1S/C12H16N2O3S/c1-2-18-7-10(12(16)14-17)8-5-3-4-6-9(8)11(13)15/h3-6,10,17H,2,7H2,1H3,(H2,13,15)(H,14,16)/t10-/m1/s1. The summed E-state index contributed by atoms with van der Waals surface area (Å²) in [6.45, 7) is 1.97. The van der Waals surface area contributed by atoms with Crippen LogP contribution < -0.4 is 11.2 Å². The molecular formula is C12H16N2O3S. The fraction of sp³-hybridized carbons (Fsp3) is 0.333. The highest BCUT2D eigenvalue weighted by Gasteiger charge is 2.24. The first-order valence-corrected chi connectivity index (χ1v) is 6.67. The lowest BCUT2D eigenvalue weighted by molar-refractivity contribution is -0.130. The molecule has 18 heavy (non-hydrogen) atoms. The number of nitrogens with one attached hydrogen (secondary N) is 1. The van der Waals surface area contributed by atoms with Gasteiger partial charge in [0, 0.05) is 11.3 Å². The van der Waals surface area contributed by atoms with Gasteiger partial charge in [-0.25, -0.2) is 5.48 Å². The second-order valence-corrected chi connectivity index (χ2v) is 4.96. The largest absolute Gasteiger partial charge is 0.366 e. The van der Waals surface area contributed by atoms with Crippen LogP contribution in [0.3, 0.4) is 0 Å². The number of rotatable bonds is 6. The van der Waals surface area contributed by atoms with Gasteiger partial charge in [0.15, 0.2) is 0 Å². The molecule has 0 unspecified atom stereocenters. The fourth-order valence-electron chi connectivity index (χ4n) is 1.65. The van der Waals surface area contributed by atoms with Gasteiger partial charge in [-0.3, -0.25) is 14.8 Å². The predicted molar refractivity (Wildman–Crippen MR) is 70.6 cm³/mol. The molecule has 0 saturated carbocycles. The van der Waals surface area contributed by atoms with Crippen LogP contribution in [0.2, 0.25) is 0 Å². The number of hydrogen-bond donors (Lipinski definition) is 3. The van der Waals surface area contributed by atoms with Crippen molar-refractivity contribution < 1.29 is 14.8 Å². The van der Waals surface area contributed by atoms with Crippen LogP contribution in [-0.2, 0) is 4.79 Å². The summed E-state index contributed by atoms with van der Waals surface area (Å²) in [5.74, 6) is -0.391. The van der Waals surface area contributed by atoms with Gasteiger partial charge in [0.25, 0.3) is 5.91 Å². The number of benzene rings is 1. The molecule has 0 radical (unpaired) electrons. The maximum atomic E-state index is 11.7. The summed E-state index contributed by atoms with van der Waals surface area (Å²) in [6, 6.07) is 6.67. The molecule has 0 aliphatic rings. The van der Waals surface area contributed by atoms with Gasteiger partial charge in [-0.1, -0.05) is 25.1 Å². The van der Waals surface area contributed by atoms with E-state index in [1.165, 1.54) is 0 Å². The number of carbonyl (C=O) groups excluding carboxylic acids is 2. The fourth-order valence-corrected chi connectivity index (χ4v) is 2.45. The Morgan fingerprint density at radius 3 is 2.67 bits per heavy atom. The number of nitrogens with two attached hydrogens (primary N) is 1. The first-order valence-electron chi connectivity index (χ1n) is 5.52. The molecule has 0 aromatic heterocycles. The summed E-state index contributed by atoms with van der Waals surface area (Å²) < 4.78 is 0. The summed E-state index contributed by atoms with van der Waals surface area (Å²) in [5, 5.41) is 8.77. The van der Waals surface area contributed by atoms with E-state index in [0.29, 0.717) is 16.9 Å². The monoisotopic (exact) mass is 268 g/mol. The molecule has 0 heterocycles. The van der Waals surface area contributed by atoms with E-state index in [1.807, 2.05) is 6.92 Å². The molecule has 0 aliphatic heterocycles. The van der Waals surface area contributed by atoms with Crippen molar-refractivity contribution in [2.75, 3.05) is 11.5 Å². The molecule has 1 aromatic carbocycles. The van der Waals surface area contributed by atoms with Gasteiger partial charge < -0.3 is 5.73 Å². The minimum atomic E-state index is -0.594. The molecule has 5 nitrogen and oxygen atoms in total. The predicted octanol–water partition coefficient (Wildman–Crippen LogP) is 1.13. The number of thioether (sulfide) groups is 1. The van der Waals surface area contributed by atoms with E-state index >= 15 is 0 Å². The summed E-state index contributed by atoms with van der Waals surface area (Å²) in [4.78, 5) is 23.0. The smallest absolute Gasteiger partial charge is 0.251 e. The Kier molecular flexibility index (Phi) is 5.67. The highest BCUT2D eigenvalue weighted by molar-refractivity contribution is 7.99. The topological polar surface area (TPSA) is 92.4 Å². The molecule has 6 heteroatoms. The zero-order chi connectivity index (χ0) is 13.5. The number of amides is 2. The Labute approximate surface area is 110 Å². The summed E-state index contributed by atoms with van der Waals surface area (Å²) >= 11 is 1.55. The lowest BCUT2D eigenvalue weighted by atomic mass is 9.94. The van der Waals surface area contributed by atoms with E-state index in [-0.39, 0.29) is 0 Å². The van der Waals surface area contributed by atoms with E-state index in [4.69, 9.17) is 10.9 Å². The zero-order valence-corrected chi connectivity index (χ0v) is 10.9. The molecule has 4 N–H and O–H groups in total. The second-order valence-electron chi connectivity index (χ2n) is 3.64. The minimum Gasteiger partial charge on any atom is -0.366 e. The lowest BCUT2D eigenvalue weighted by Gasteiger charge is -2.17. The van der Waals surface area contributed by atoms with Gasteiger partial charge in [-0.2, -0.15) is 11.8 Å². The van der Waals surface area contributed by atoms with Crippen molar-refractivity contribution in [1.82, 2.24) is 5.48 Å². The Morgan fingerprint density at radius 2 is 2.11 bits per heavy atom. The normalized spacial score (nSPS) is 11.9. The van der Waals surface area contributed by atoms with Crippen LogP contribution in [0, 0.1) is 0 Å². The first kappa shape index (κ1) is 14.5. The summed E-state index contributed by atoms with van der Waals surface area (Å²) in [7, 11) is 0. The molecule has 0 aliphatic carbocycles. The van der Waals surface area contributed by atoms with Crippen LogP contribution >= 0.6 is 11.8 Å². The van der Waals surface area contributed by atoms with Crippen LogP contribution in [0.1, 0.15) is 28.8 Å². The van der Waals surface area contributed by atoms with Crippen LogP contribution in [0.15, 0.2) is 24.3 Å². The third-order valence-electron chi connectivity index (χ3n) is 2.52. The van der Waals surface area contributed by atoms with Crippen molar-refractivity contribution in [3.8, 4) is 0 Å². The van der Waals surface area contributed by atoms with Gasteiger partial charge >= 0.3 is 0 Å². The Hall–Kier alpha value is -1.53. The van der Waals surface area contributed by atoms with Crippen LogP contribution in [-0.4, -0.2) is 28.5 Å². The first-order chi connectivity index (χ1) is 8.61. The van der Waals surface area contributed by atoms with Crippen molar-refractivity contribution >= 4 is 23.6 Å². The SMILES string of the molecule is CCSC[C@@H](C(=O)NO)c1ccccc1C(N)=O. The molecule has 0 fully saturated rings. The molecule has 2 amide bonds. The van der Waals surface area contributed by atoms with Gasteiger partial charge in [0.1, 0.15) is 0 Å². The van der Waals surface area contributed by atoms with E-state index in [0.717, 1.165) is 5.75 Å². The van der Waals surface area contributed by atoms with E-state index in [2.05, 4.69) is 0 Å². The van der Waals surface area contributed by atoms with Gasteiger partial charge in [-0.05, 0) is 17.4 Å². The van der Waals surface area contributed by atoms with Crippen LogP contribution in [0.5, 0.6) is 0 Å². The van der Waals surface area contributed by atoms with E-state index in [9.17, 15) is 9.59 Å². The molecule has 0 bridgehead atoms. The summed E-state index contributed by atoms with van der Waals surface area (Å²) in [6.07, 6.45) is 0. The average molecular weight is 268 g/mol. The van der Waals surface area contributed by atoms with Crippen molar-refractivity contribution in [1.29, 1.82) is 0 Å². The Morgan fingerprint density at radius 1 is 1.44 bits per heavy atom. The molecule has 1 atom stereocenters. The van der Waals surface area contributed by atoms with Gasteiger partial charge in [-0.15, -0.1) is 0 Å². The van der Waals surface area contributed by atoms with Crippen LogP contribution in [0.25, 0.3) is 0 Å². The molecule has 0 saturated heterocycles. The molecule has 1 rings (SSSR count). The molecular weight excluding hydrogens is 252 g/mol.